The third kappa shape index (κ3) is 1.96. The molecule has 0 aromatic heterocycles. The van der Waals surface area contributed by atoms with E-state index < -0.39 is 34.8 Å². The number of rotatable bonds is 3. The summed E-state index contributed by atoms with van der Waals surface area (Å²) in [5.74, 6) is -9.68. The monoisotopic (exact) mass is 238 g/mol. The van der Waals surface area contributed by atoms with E-state index in [4.69, 9.17) is 0 Å². The van der Waals surface area contributed by atoms with Crippen LogP contribution >= 0.6 is 0 Å². The number of hydrogen-bond acceptors (Lipinski definition) is 1. The summed E-state index contributed by atoms with van der Waals surface area (Å²) in [4.78, 5) is 0.934. The summed E-state index contributed by atoms with van der Waals surface area (Å²) in [7, 11) is 1.23. The maximum Gasteiger partial charge on any atom is 0.200 e. The Kier molecular flexibility index (Phi) is 3.72. The van der Waals surface area contributed by atoms with Gasteiger partial charge in [0.05, 0.1) is 0 Å². The van der Waals surface area contributed by atoms with Crippen LogP contribution in [0.5, 0.6) is 0 Å². The minimum absolute atomic E-state index is 0.0817. The first-order chi connectivity index (χ1) is 7.41. The van der Waals surface area contributed by atoms with Gasteiger partial charge in [-0.2, -0.15) is 0 Å². The van der Waals surface area contributed by atoms with Gasteiger partial charge in [0.25, 0.3) is 0 Å². The normalized spacial score (nSPS) is 10.7. The van der Waals surface area contributed by atoms with Crippen LogP contribution in [0.25, 0.3) is 0 Å². The van der Waals surface area contributed by atoms with Gasteiger partial charge in [-0.05, 0) is 6.42 Å². The van der Waals surface area contributed by atoms with Gasteiger partial charge in [-0.3, -0.25) is 0 Å². The molecule has 0 atom stereocenters. The molecule has 1 radical (unpaired) electrons. The van der Waals surface area contributed by atoms with E-state index in [-0.39, 0.29) is 13.0 Å². The van der Waals surface area contributed by atoms with Crippen LogP contribution in [0.4, 0.5) is 27.6 Å². The van der Waals surface area contributed by atoms with Crippen molar-refractivity contribution < 1.29 is 22.0 Å². The first-order valence-electron chi connectivity index (χ1n) is 4.43. The molecule has 0 bridgehead atoms. The van der Waals surface area contributed by atoms with Crippen molar-refractivity contribution >= 4 is 5.69 Å². The van der Waals surface area contributed by atoms with E-state index in [2.05, 4.69) is 6.92 Å². The fourth-order valence-electron chi connectivity index (χ4n) is 1.28. The topological polar surface area (TPSA) is 3.24 Å². The average molecular weight is 238 g/mol. The summed E-state index contributed by atoms with van der Waals surface area (Å²) in [6, 6.07) is 0. The molecular weight excluding hydrogens is 229 g/mol. The smallest absolute Gasteiger partial charge is 0.200 e. The molecule has 0 amide bonds. The SMILES string of the molecule is [CH2]CCN(C)c1c(F)c(F)c(F)c(F)c1F. The number of benzene rings is 1. The molecule has 16 heavy (non-hydrogen) atoms. The van der Waals surface area contributed by atoms with Crippen LogP contribution in [0.15, 0.2) is 0 Å². The third-order valence-electron chi connectivity index (χ3n) is 2.06. The fourth-order valence-corrected chi connectivity index (χ4v) is 1.28. The predicted octanol–water partition coefficient (Wildman–Crippen LogP) is 3.04. The number of hydrogen-bond donors (Lipinski definition) is 0. The molecule has 0 aliphatic heterocycles. The van der Waals surface area contributed by atoms with E-state index in [0.29, 0.717) is 0 Å². The number of anilines is 1. The average Bonchev–Trinajstić information content (AvgIpc) is 2.24. The lowest BCUT2D eigenvalue weighted by atomic mass is 10.2. The van der Waals surface area contributed by atoms with Gasteiger partial charge in [-0.25, -0.2) is 22.0 Å². The van der Waals surface area contributed by atoms with Crippen molar-refractivity contribution in [1.82, 2.24) is 0 Å². The number of halogens is 5. The van der Waals surface area contributed by atoms with Crippen LogP contribution in [0.2, 0.25) is 0 Å². The van der Waals surface area contributed by atoms with Gasteiger partial charge in [0, 0.05) is 13.6 Å². The van der Waals surface area contributed by atoms with E-state index in [1.165, 1.54) is 7.05 Å². The molecule has 0 unspecified atom stereocenters. The molecule has 0 aliphatic rings. The Hall–Kier alpha value is -1.33. The molecule has 0 spiro atoms. The van der Waals surface area contributed by atoms with Crippen LogP contribution in [0.1, 0.15) is 6.42 Å². The van der Waals surface area contributed by atoms with Crippen LogP contribution in [0, 0.1) is 36.0 Å². The summed E-state index contributed by atoms with van der Waals surface area (Å²) < 4.78 is 64.7. The summed E-state index contributed by atoms with van der Waals surface area (Å²) in [5, 5.41) is 0. The van der Waals surface area contributed by atoms with Gasteiger partial charge in [0.1, 0.15) is 5.69 Å². The summed E-state index contributed by atoms with van der Waals surface area (Å²) in [6.45, 7) is 3.51. The second-order valence-corrected chi connectivity index (χ2v) is 3.19. The van der Waals surface area contributed by atoms with Crippen LogP contribution in [0.3, 0.4) is 0 Å². The highest BCUT2D eigenvalue weighted by Gasteiger charge is 2.27. The van der Waals surface area contributed by atoms with Crippen LogP contribution in [-0.2, 0) is 0 Å². The van der Waals surface area contributed by atoms with Crippen molar-refractivity contribution in [1.29, 1.82) is 0 Å². The molecule has 1 nitrogen and oxygen atoms in total. The molecule has 1 aromatic rings. The maximum atomic E-state index is 13.2. The highest BCUT2D eigenvalue weighted by atomic mass is 19.2. The fraction of sp³-hybridized carbons (Fsp3) is 0.300. The number of nitrogens with zero attached hydrogens (tertiary/aromatic N) is 1. The van der Waals surface area contributed by atoms with Crippen molar-refractivity contribution in [2.75, 3.05) is 18.5 Å². The van der Waals surface area contributed by atoms with Gasteiger partial charge in [0.15, 0.2) is 23.3 Å². The standard InChI is InChI=1S/C10H9F5N/c1-3-4-16(2)10-8(14)6(12)5(11)7(13)9(10)15/h1,3-4H2,2H3. The largest absolute Gasteiger partial charge is 0.370 e. The molecule has 1 aromatic carbocycles. The van der Waals surface area contributed by atoms with Crippen LogP contribution < -0.4 is 4.90 Å². The molecule has 0 N–H and O–H groups in total. The Bertz CT molecular complexity index is 376. The molecule has 0 fully saturated rings. The molecule has 0 saturated carbocycles. The highest BCUT2D eigenvalue weighted by molar-refractivity contribution is 5.49. The summed E-state index contributed by atoms with van der Waals surface area (Å²) in [6.07, 6.45) is 0.274. The van der Waals surface area contributed by atoms with Gasteiger partial charge < -0.3 is 4.90 Å². The van der Waals surface area contributed by atoms with E-state index in [0.717, 1.165) is 4.90 Å². The van der Waals surface area contributed by atoms with E-state index in [1.807, 2.05) is 0 Å². The summed E-state index contributed by atoms with van der Waals surface area (Å²) >= 11 is 0. The minimum Gasteiger partial charge on any atom is -0.370 e. The Morgan fingerprint density at radius 3 is 1.62 bits per heavy atom. The van der Waals surface area contributed by atoms with Crippen molar-refractivity contribution in [3.05, 3.63) is 36.0 Å². The molecule has 89 valence electrons. The predicted molar refractivity (Wildman–Crippen MR) is 49.5 cm³/mol. The zero-order valence-corrected chi connectivity index (χ0v) is 8.46. The second-order valence-electron chi connectivity index (χ2n) is 3.19. The molecule has 1 rings (SSSR count). The van der Waals surface area contributed by atoms with Crippen molar-refractivity contribution in [2.24, 2.45) is 0 Å². The lowest BCUT2D eigenvalue weighted by molar-refractivity contribution is 0.379. The molecular formula is C10H9F5N. The second kappa shape index (κ2) is 4.67. The first kappa shape index (κ1) is 12.7. The summed E-state index contributed by atoms with van der Waals surface area (Å²) in [5.41, 5.74) is -0.931. The molecule has 0 heterocycles. The quantitative estimate of drug-likeness (QED) is 0.444. The zero-order valence-electron chi connectivity index (χ0n) is 8.46. The lowest BCUT2D eigenvalue weighted by Gasteiger charge is -2.20. The highest BCUT2D eigenvalue weighted by Crippen LogP contribution is 2.29. The van der Waals surface area contributed by atoms with Crippen molar-refractivity contribution in [3.63, 3.8) is 0 Å². The van der Waals surface area contributed by atoms with Gasteiger partial charge >= 0.3 is 0 Å². The molecule has 0 aliphatic carbocycles. The Morgan fingerprint density at radius 1 is 0.875 bits per heavy atom. The van der Waals surface area contributed by atoms with E-state index >= 15 is 0 Å². The first-order valence-corrected chi connectivity index (χ1v) is 4.43. The lowest BCUT2D eigenvalue weighted by Crippen LogP contribution is -2.22. The van der Waals surface area contributed by atoms with E-state index in [9.17, 15) is 22.0 Å². The van der Waals surface area contributed by atoms with Gasteiger partial charge in [0.2, 0.25) is 5.82 Å². The minimum atomic E-state index is -2.15. The molecule has 6 heteroatoms. The van der Waals surface area contributed by atoms with Gasteiger partial charge in [-0.15, -0.1) is 0 Å². The van der Waals surface area contributed by atoms with Gasteiger partial charge in [-0.1, -0.05) is 6.92 Å². The van der Waals surface area contributed by atoms with Crippen LogP contribution in [-0.4, -0.2) is 13.6 Å². The maximum absolute atomic E-state index is 13.2. The van der Waals surface area contributed by atoms with E-state index in [1.54, 1.807) is 0 Å². The van der Waals surface area contributed by atoms with Crippen molar-refractivity contribution in [3.8, 4) is 0 Å². The molecule has 0 saturated heterocycles. The zero-order chi connectivity index (χ0) is 12.5. The Morgan fingerprint density at radius 2 is 1.25 bits per heavy atom. The third-order valence-corrected chi connectivity index (χ3v) is 2.06. The Balaban J connectivity index is 3.39. The van der Waals surface area contributed by atoms with Crippen molar-refractivity contribution in [2.45, 2.75) is 6.42 Å². The Labute approximate surface area is 89.5 Å².